The van der Waals surface area contributed by atoms with Gasteiger partial charge in [0.2, 0.25) is 5.91 Å². The van der Waals surface area contributed by atoms with Crippen LogP contribution in [-0.2, 0) is 11.2 Å². The number of amides is 1. The highest BCUT2D eigenvalue weighted by molar-refractivity contribution is 7.07. The summed E-state index contributed by atoms with van der Waals surface area (Å²) in [6.45, 7) is 5.51. The van der Waals surface area contributed by atoms with Crippen molar-refractivity contribution in [3.8, 4) is 0 Å². The van der Waals surface area contributed by atoms with Gasteiger partial charge in [0.15, 0.2) is 0 Å². The van der Waals surface area contributed by atoms with E-state index in [1.54, 1.807) is 16.2 Å². The first-order valence-electron chi connectivity index (χ1n) is 5.64. The summed E-state index contributed by atoms with van der Waals surface area (Å²) < 4.78 is 0. The summed E-state index contributed by atoms with van der Waals surface area (Å²) in [6, 6.07) is 2.03. The van der Waals surface area contributed by atoms with Crippen molar-refractivity contribution in [3.63, 3.8) is 0 Å². The normalized spacial score (nSPS) is 12.4. The molecule has 1 atom stereocenters. The van der Waals surface area contributed by atoms with E-state index in [1.165, 1.54) is 5.56 Å². The van der Waals surface area contributed by atoms with Crippen LogP contribution in [0, 0.1) is 0 Å². The third-order valence-electron chi connectivity index (χ3n) is 2.67. The van der Waals surface area contributed by atoms with E-state index in [9.17, 15) is 4.79 Å². The van der Waals surface area contributed by atoms with Gasteiger partial charge in [0, 0.05) is 13.6 Å². The average molecular weight is 240 g/mol. The molecule has 90 valence electrons. The fourth-order valence-electron chi connectivity index (χ4n) is 1.44. The van der Waals surface area contributed by atoms with Crippen LogP contribution in [0.5, 0.6) is 0 Å². The van der Waals surface area contributed by atoms with Gasteiger partial charge in [-0.05, 0) is 49.2 Å². The number of hydrogen-bond acceptors (Lipinski definition) is 3. The molecule has 0 spiro atoms. The van der Waals surface area contributed by atoms with Crippen molar-refractivity contribution in [2.24, 2.45) is 0 Å². The number of carbonyl (C=O) groups is 1. The molecule has 4 heteroatoms. The van der Waals surface area contributed by atoms with Gasteiger partial charge >= 0.3 is 0 Å². The van der Waals surface area contributed by atoms with Gasteiger partial charge in [-0.3, -0.25) is 4.79 Å². The minimum absolute atomic E-state index is 0.0939. The summed E-state index contributed by atoms with van der Waals surface area (Å²) >= 11 is 1.71. The summed E-state index contributed by atoms with van der Waals surface area (Å²) in [6.07, 6.45) is 0.983. The van der Waals surface area contributed by atoms with E-state index in [0.29, 0.717) is 0 Å². The van der Waals surface area contributed by atoms with E-state index < -0.39 is 0 Å². The Morgan fingerprint density at radius 3 is 2.94 bits per heavy atom. The molecule has 0 aliphatic rings. The summed E-state index contributed by atoms with van der Waals surface area (Å²) in [5, 5.41) is 7.47. The second-order valence-electron chi connectivity index (χ2n) is 3.91. The van der Waals surface area contributed by atoms with E-state index >= 15 is 0 Å². The molecule has 0 fully saturated rings. The van der Waals surface area contributed by atoms with E-state index in [0.717, 1.165) is 19.5 Å². The molecular weight excluding hydrogens is 220 g/mol. The smallest absolute Gasteiger partial charge is 0.239 e. The van der Waals surface area contributed by atoms with E-state index in [4.69, 9.17) is 0 Å². The van der Waals surface area contributed by atoms with Crippen molar-refractivity contribution >= 4 is 17.2 Å². The molecule has 0 aliphatic carbocycles. The molecule has 0 saturated carbocycles. The highest BCUT2D eigenvalue weighted by Crippen LogP contribution is 2.05. The highest BCUT2D eigenvalue weighted by Gasteiger charge is 2.14. The molecule has 1 heterocycles. The fourth-order valence-corrected chi connectivity index (χ4v) is 2.14. The maximum Gasteiger partial charge on any atom is 0.239 e. The van der Waals surface area contributed by atoms with Crippen molar-refractivity contribution in [1.82, 2.24) is 10.2 Å². The predicted octanol–water partition coefficient (Wildman–Crippen LogP) is 1.75. The monoisotopic (exact) mass is 240 g/mol. The molecule has 0 radical (unpaired) electrons. The Hall–Kier alpha value is -0.870. The zero-order valence-electron chi connectivity index (χ0n) is 10.2. The molecule has 0 aromatic carbocycles. The third-order valence-corrected chi connectivity index (χ3v) is 3.40. The first-order chi connectivity index (χ1) is 7.65. The Bertz CT molecular complexity index is 311. The van der Waals surface area contributed by atoms with Crippen molar-refractivity contribution in [2.45, 2.75) is 26.3 Å². The number of likely N-dealkylation sites (N-methyl/N-ethyl adjacent to an activating group) is 1. The third kappa shape index (κ3) is 3.94. The SMILES string of the molecule is CCN(C)C(=O)C(C)NCCc1ccsc1. The first kappa shape index (κ1) is 13.2. The lowest BCUT2D eigenvalue weighted by Crippen LogP contribution is -2.43. The Balaban J connectivity index is 2.24. The Morgan fingerprint density at radius 1 is 1.62 bits per heavy atom. The van der Waals surface area contributed by atoms with Crippen LogP contribution in [0.1, 0.15) is 19.4 Å². The van der Waals surface area contributed by atoms with E-state index in [1.807, 2.05) is 20.9 Å². The summed E-state index contributed by atoms with van der Waals surface area (Å²) in [5.41, 5.74) is 1.33. The molecule has 3 nitrogen and oxygen atoms in total. The van der Waals surface area contributed by atoms with Crippen LogP contribution < -0.4 is 5.32 Å². The van der Waals surface area contributed by atoms with Crippen LogP contribution in [0.2, 0.25) is 0 Å². The van der Waals surface area contributed by atoms with Gasteiger partial charge in [-0.2, -0.15) is 11.3 Å². The standard InChI is InChI=1S/C12H20N2OS/c1-4-14(3)12(15)10(2)13-7-5-11-6-8-16-9-11/h6,8-10,13H,4-5,7H2,1-3H3. The van der Waals surface area contributed by atoms with Crippen molar-refractivity contribution < 1.29 is 4.79 Å². The van der Waals surface area contributed by atoms with Crippen LogP contribution in [-0.4, -0.2) is 37.0 Å². The molecule has 1 aromatic rings. The average Bonchev–Trinajstić information content (AvgIpc) is 2.79. The van der Waals surface area contributed by atoms with Gasteiger partial charge in [0.25, 0.3) is 0 Å². The lowest BCUT2D eigenvalue weighted by atomic mass is 10.2. The van der Waals surface area contributed by atoms with Crippen LogP contribution in [0.3, 0.4) is 0 Å². The van der Waals surface area contributed by atoms with Gasteiger partial charge in [-0.25, -0.2) is 0 Å². The Labute approximate surface area is 101 Å². The molecule has 1 amide bonds. The molecular formula is C12H20N2OS. The molecule has 0 bridgehead atoms. The van der Waals surface area contributed by atoms with Crippen molar-refractivity contribution in [3.05, 3.63) is 22.4 Å². The number of thiophene rings is 1. The zero-order valence-corrected chi connectivity index (χ0v) is 11.0. The van der Waals surface area contributed by atoms with Crippen molar-refractivity contribution in [2.75, 3.05) is 20.1 Å². The topological polar surface area (TPSA) is 32.3 Å². The fraction of sp³-hybridized carbons (Fsp3) is 0.583. The van der Waals surface area contributed by atoms with Gasteiger partial charge in [0.05, 0.1) is 6.04 Å². The summed E-state index contributed by atoms with van der Waals surface area (Å²) in [5.74, 6) is 0.160. The Morgan fingerprint density at radius 2 is 2.38 bits per heavy atom. The van der Waals surface area contributed by atoms with Crippen molar-refractivity contribution in [1.29, 1.82) is 0 Å². The number of hydrogen-bond donors (Lipinski definition) is 1. The minimum Gasteiger partial charge on any atom is -0.345 e. The largest absolute Gasteiger partial charge is 0.345 e. The molecule has 1 N–H and O–H groups in total. The summed E-state index contributed by atoms with van der Waals surface area (Å²) in [4.78, 5) is 13.5. The molecule has 1 aromatic heterocycles. The molecule has 1 rings (SSSR count). The van der Waals surface area contributed by atoms with Crippen LogP contribution in [0.25, 0.3) is 0 Å². The molecule has 1 unspecified atom stereocenters. The number of rotatable bonds is 6. The zero-order chi connectivity index (χ0) is 12.0. The molecule has 16 heavy (non-hydrogen) atoms. The van der Waals surface area contributed by atoms with Gasteiger partial charge in [0.1, 0.15) is 0 Å². The maximum atomic E-state index is 11.7. The number of nitrogens with zero attached hydrogens (tertiary/aromatic N) is 1. The second kappa shape index (κ2) is 6.66. The minimum atomic E-state index is -0.0939. The predicted molar refractivity (Wildman–Crippen MR) is 68.8 cm³/mol. The highest BCUT2D eigenvalue weighted by atomic mass is 32.1. The molecule has 0 aliphatic heterocycles. The van der Waals surface area contributed by atoms with Crippen LogP contribution >= 0.6 is 11.3 Å². The Kier molecular flexibility index (Phi) is 5.49. The maximum absolute atomic E-state index is 11.7. The number of carbonyl (C=O) groups excluding carboxylic acids is 1. The van der Waals surface area contributed by atoms with Crippen LogP contribution in [0.4, 0.5) is 0 Å². The second-order valence-corrected chi connectivity index (χ2v) is 4.69. The first-order valence-corrected chi connectivity index (χ1v) is 6.58. The van der Waals surface area contributed by atoms with Crippen LogP contribution in [0.15, 0.2) is 16.8 Å². The quantitative estimate of drug-likeness (QED) is 0.821. The summed E-state index contributed by atoms with van der Waals surface area (Å²) in [7, 11) is 1.83. The lowest BCUT2D eigenvalue weighted by Gasteiger charge is -2.20. The van der Waals surface area contributed by atoms with Gasteiger partial charge < -0.3 is 10.2 Å². The van der Waals surface area contributed by atoms with Gasteiger partial charge in [-0.1, -0.05) is 0 Å². The van der Waals surface area contributed by atoms with Gasteiger partial charge in [-0.15, -0.1) is 0 Å². The van der Waals surface area contributed by atoms with E-state index in [2.05, 4.69) is 22.1 Å². The van der Waals surface area contributed by atoms with E-state index in [-0.39, 0.29) is 11.9 Å². The lowest BCUT2D eigenvalue weighted by molar-refractivity contribution is -0.131. The molecule has 0 saturated heterocycles. The number of nitrogens with one attached hydrogen (secondary N) is 1.